The summed E-state index contributed by atoms with van der Waals surface area (Å²) >= 11 is 6.64. The first kappa shape index (κ1) is 16.5. The number of nitro groups is 1. The van der Waals surface area contributed by atoms with Crippen molar-refractivity contribution in [2.45, 2.75) is 26.2 Å². The fraction of sp³-hybridized carbons (Fsp3) is 0.267. The highest BCUT2D eigenvalue weighted by Crippen LogP contribution is 2.34. The quantitative estimate of drug-likeness (QED) is 0.641. The van der Waals surface area contributed by atoms with Crippen LogP contribution in [-0.4, -0.2) is 10.8 Å². The standard InChI is InChI=1S/C15H15ClN2O3S/c1-15(2,3)9-4-6-10(7-5-9)17-14(19)12-8-11(18(20)21)13(16)22-12/h4-8H,1-3H3,(H,17,19). The molecule has 0 unspecified atom stereocenters. The van der Waals surface area contributed by atoms with Gasteiger partial charge in [0.2, 0.25) is 0 Å². The van der Waals surface area contributed by atoms with E-state index in [0.29, 0.717) is 5.69 Å². The highest BCUT2D eigenvalue weighted by atomic mass is 35.5. The molecule has 0 bridgehead atoms. The van der Waals surface area contributed by atoms with Crippen molar-refractivity contribution >= 4 is 40.2 Å². The van der Waals surface area contributed by atoms with Crippen molar-refractivity contribution in [3.8, 4) is 0 Å². The lowest BCUT2D eigenvalue weighted by Crippen LogP contribution is -2.12. The molecule has 0 aliphatic carbocycles. The second kappa shape index (κ2) is 6.06. The van der Waals surface area contributed by atoms with Crippen molar-refractivity contribution in [2.75, 3.05) is 5.32 Å². The molecule has 2 rings (SSSR count). The number of rotatable bonds is 3. The van der Waals surface area contributed by atoms with Gasteiger partial charge in [0.25, 0.3) is 11.6 Å². The van der Waals surface area contributed by atoms with Gasteiger partial charge in [-0.3, -0.25) is 14.9 Å². The maximum absolute atomic E-state index is 12.1. The second-order valence-electron chi connectivity index (χ2n) is 5.81. The molecule has 0 atom stereocenters. The highest BCUT2D eigenvalue weighted by molar-refractivity contribution is 7.18. The number of hydrogen-bond donors (Lipinski definition) is 1. The number of nitrogens with one attached hydrogen (secondary N) is 1. The van der Waals surface area contributed by atoms with Gasteiger partial charge < -0.3 is 5.32 Å². The molecule has 1 N–H and O–H groups in total. The molecule has 7 heteroatoms. The molecule has 0 saturated carbocycles. The molecule has 0 radical (unpaired) electrons. The minimum Gasteiger partial charge on any atom is -0.321 e. The highest BCUT2D eigenvalue weighted by Gasteiger charge is 2.21. The first-order valence-corrected chi connectivity index (χ1v) is 7.73. The van der Waals surface area contributed by atoms with Gasteiger partial charge in [-0.25, -0.2) is 0 Å². The van der Waals surface area contributed by atoms with Crippen LogP contribution in [0.15, 0.2) is 30.3 Å². The Bertz CT molecular complexity index is 717. The molecule has 1 heterocycles. The Morgan fingerprint density at radius 3 is 2.32 bits per heavy atom. The van der Waals surface area contributed by atoms with Crippen molar-refractivity contribution in [1.82, 2.24) is 0 Å². The van der Waals surface area contributed by atoms with Crippen molar-refractivity contribution in [3.63, 3.8) is 0 Å². The lowest BCUT2D eigenvalue weighted by Gasteiger charge is -2.19. The fourth-order valence-electron chi connectivity index (χ4n) is 1.84. The smallest absolute Gasteiger partial charge is 0.299 e. The minimum absolute atomic E-state index is 0.00164. The first-order valence-electron chi connectivity index (χ1n) is 6.54. The third kappa shape index (κ3) is 3.64. The van der Waals surface area contributed by atoms with Gasteiger partial charge in [-0.05, 0) is 23.1 Å². The van der Waals surface area contributed by atoms with Crippen LogP contribution in [0.4, 0.5) is 11.4 Å². The molecule has 22 heavy (non-hydrogen) atoms. The Balaban J connectivity index is 2.15. The van der Waals surface area contributed by atoms with Crippen LogP contribution in [0.5, 0.6) is 0 Å². The van der Waals surface area contributed by atoms with Crippen LogP contribution < -0.4 is 5.32 Å². The van der Waals surface area contributed by atoms with E-state index in [0.717, 1.165) is 16.9 Å². The monoisotopic (exact) mass is 338 g/mol. The Morgan fingerprint density at radius 2 is 1.86 bits per heavy atom. The van der Waals surface area contributed by atoms with E-state index in [1.165, 1.54) is 6.07 Å². The number of carbonyl (C=O) groups is 1. The third-order valence-electron chi connectivity index (χ3n) is 3.10. The molecule has 1 amide bonds. The van der Waals surface area contributed by atoms with E-state index in [4.69, 9.17) is 11.6 Å². The maximum Gasteiger partial charge on any atom is 0.299 e. The Hall–Kier alpha value is -1.92. The largest absolute Gasteiger partial charge is 0.321 e. The molecule has 0 aliphatic rings. The molecule has 2 aromatic rings. The summed E-state index contributed by atoms with van der Waals surface area (Å²) in [7, 11) is 0. The van der Waals surface area contributed by atoms with E-state index in [2.05, 4.69) is 26.1 Å². The topological polar surface area (TPSA) is 72.2 Å². The summed E-state index contributed by atoms with van der Waals surface area (Å²) < 4.78 is -0.00164. The summed E-state index contributed by atoms with van der Waals surface area (Å²) in [5.41, 5.74) is 1.56. The van der Waals surface area contributed by atoms with Gasteiger partial charge in [-0.15, -0.1) is 11.3 Å². The zero-order valence-electron chi connectivity index (χ0n) is 12.3. The summed E-state index contributed by atoms with van der Waals surface area (Å²) in [6.07, 6.45) is 0. The van der Waals surface area contributed by atoms with E-state index >= 15 is 0 Å². The summed E-state index contributed by atoms with van der Waals surface area (Å²) in [6, 6.07) is 8.69. The molecule has 1 aromatic heterocycles. The van der Waals surface area contributed by atoms with Crippen molar-refractivity contribution < 1.29 is 9.72 Å². The predicted molar refractivity (Wildman–Crippen MR) is 89.1 cm³/mol. The van der Waals surface area contributed by atoms with Crippen LogP contribution in [-0.2, 0) is 5.41 Å². The number of halogens is 1. The van der Waals surface area contributed by atoms with Crippen molar-refractivity contribution in [1.29, 1.82) is 0 Å². The Kier molecular flexibility index (Phi) is 4.53. The van der Waals surface area contributed by atoms with E-state index in [-0.39, 0.29) is 20.3 Å². The van der Waals surface area contributed by atoms with Gasteiger partial charge in [-0.2, -0.15) is 0 Å². The summed E-state index contributed by atoms with van der Waals surface area (Å²) in [6.45, 7) is 6.31. The zero-order chi connectivity index (χ0) is 16.5. The van der Waals surface area contributed by atoms with Gasteiger partial charge in [0.05, 0.1) is 4.92 Å². The third-order valence-corrected chi connectivity index (χ3v) is 4.43. The second-order valence-corrected chi connectivity index (χ2v) is 7.46. The lowest BCUT2D eigenvalue weighted by molar-refractivity contribution is -0.384. The maximum atomic E-state index is 12.1. The van der Waals surface area contributed by atoms with E-state index in [9.17, 15) is 14.9 Å². The van der Waals surface area contributed by atoms with Crippen LogP contribution in [0.25, 0.3) is 0 Å². The number of thiophene rings is 1. The number of nitrogens with zero attached hydrogens (tertiary/aromatic N) is 1. The van der Waals surface area contributed by atoms with E-state index in [1.807, 2.05) is 24.3 Å². The van der Waals surface area contributed by atoms with Gasteiger partial charge in [0.1, 0.15) is 4.88 Å². The molecular weight excluding hydrogens is 324 g/mol. The molecule has 0 fully saturated rings. The normalized spacial score (nSPS) is 11.3. The van der Waals surface area contributed by atoms with Crippen LogP contribution in [0, 0.1) is 10.1 Å². The van der Waals surface area contributed by atoms with E-state index < -0.39 is 10.8 Å². The average Bonchev–Trinajstić information content (AvgIpc) is 2.80. The van der Waals surface area contributed by atoms with Crippen molar-refractivity contribution in [2.24, 2.45) is 0 Å². The van der Waals surface area contributed by atoms with Crippen LogP contribution in [0.3, 0.4) is 0 Å². The molecular formula is C15H15ClN2O3S. The minimum atomic E-state index is -0.603. The molecule has 5 nitrogen and oxygen atoms in total. The number of carbonyl (C=O) groups excluding carboxylic acids is 1. The Labute approximate surface area is 137 Å². The number of amides is 1. The fourth-order valence-corrected chi connectivity index (χ4v) is 2.96. The van der Waals surface area contributed by atoms with Gasteiger partial charge in [-0.1, -0.05) is 44.5 Å². The van der Waals surface area contributed by atoms with Gasteiger partial charge >= 0.3 is 0 Å². The molecule has 0 spiro atoms. The van der Waals surface area contributed by atoms with Crippen LogP contribution in [0.2, 0.25) is 4.34 Å². The summed E-state index contributed by atoms with van der Waals surface area (Å²) in [5, 5.41) is 13.5. The molecule has 0 aliphatic heterocycles. The van der Waals surface area contributed by atoms with E-state index in [1.54, 1.807) is 0 Å². The van der Waals surface area contributed by atoms with Gasteiger partial charge in [0, 0.05) is 11.8 Å². The van der Waals surface area contributed by atoms with Gasteiger partial charge in [0.15, 0.2) is 4.34 Å². The zero-order valence-corrected chi connectivity index (χ0v) is 13.9. The number of benzene rings is 1. The first-order chi connectivity index (χ1) is 10.2. The number of hydrogen-bond acceptors (Lipinski definition) is 4. The molecule has 1 aromatic carbocycles. The lowest BCUT2D eigenvalue weighted by atomic mass is 9.87. The average molecular weight is 339 g/mol. The predicted octanol–water partition coefficient (Wildman–Crippen LogP) is 4.86. The van der Waals surface area contributed by atoms with Crippen LogP contribution in [0.1, 0.15) is 36.0 Å². The summed E-state index contributed by atoms with van der Waals surface area (Å²) in [5.74, 6) is -0.413. The summed E-state index contributed by atoms with van der Waals surface area (Å²) in [4.78, 5) is 22.4. The van der Waals surface area contributed by atoms with Crippen molar-refractivity contribution in [3.05, 3.63) is 55.2 Å². The van der Waals surface area contributed by atoms with Crippen LogP contribution >= 0.6 is 22.9 Å². The molecule has 116 valence electrons. The number of anilines is 1. The molecule has 0 saturated heterocycles. The Morgan fingerprint density at radius 1 is 1.27 bits per heavy atom. The SMILES string of the molecule is CC(C)(C)c1ccc(NC(=O)c2cc([N+](=O)[O-])c(Cl)s2)cc1.